The summed E-state index contributed by atoms with van der Waals surface area (Å²) >= 11 is 3.15. The summed E-state index contributed by atoms with van der Waals surface area (Å²) in [5.41, 5.74) is 2.59. The summed E-state index contributed by atoms with van der Waals surface area (Å²) in [5.74, 6) is -0.327. The van der Waals surface area contributed by atoms with Gasteiger partial charge in [-0.15, -0.1) is 11.8 Å². The van der Waals surface area contributed by atoms with Crippen molar-refractivity contribution in [2.45, 2.75) is 50.3 Å². The lowest BCUT2D eigenvalue weighted by Gasteiger charge is -2.07. The van der Waals surface area contributed by atoms with Gasteiger partial charge in [0, 0.05) is 15.7 Å². The molecule has 30 heavy (non-hydrogen) atoms. The highest BCUT2D eigenvalue weighted by molar-refractivity contribution is 7.99. The molecular formula is C23H26N2O3S2. The minimum absolute atomic E-state index is 0.00754. The van der Waals surface area contributed by atoms with Crippen molar-refractivity contribution in [1.82, 2.24) is 4.57 Å². The number of hydrogen-bond acceptors (Lipinski definition) is 5. The lowest BCUT2D eigenvalue weighted by atomic mass is 10.0. The van der Waals surface area contributed by atoms with Crippen LogP contribution in [0.25, 0.3) is 10.2 Å². The van der Waals surface area contributed by atoms with E-state index in [2.05, 4.69) is 38.8 Å². The van der Waals surface area contributed by atoms with E-state index >= 15 is 0 Å². The molecule has 7 heteroatoms. The lowest BCUT2D eigenvalue weighted by molar-refractivity contribution is -0.141. The van der Waals surface area contributed by atoms with Gasteiger partial charge in [-0.2, -0.15) is 4.99 Å². The number of methoxy groups -OCH3 is 1. The first-order chi connectivity index (χ1) is 14.3. The number of carbonyl (C=O) groups is 2. The quantitative estimate of drug-likeness (QED) is 0.387. The molecule has 0 radical (unpaired) electrons. The Labute approximate surface area is 184 Å². The molecule has 0 atom stereocenters. The monoisotopic (exact) mass is 442 g/mol. The van der Waals surface area contributed by atoms with E-state index in [0.29, 0.717) is 21.5 Å². The highest BCUT2D eigenvalue weighted by Gasteiger charge is 2.14. The zero-order valence-electron chi connectivity index (χ0n) is 17.8. The molecule has 0 aliphatic heterocycles. The lowest BCUT2D eigenvalue weighted by Crippen LogP contribution is -2.22. The maximum absolute atomic E-state index is 12.8. The number of aromatic nitrogens is 1. The van der Waals surface area contributed by atoms with Gasteiger partial charge in [-0.25, -0.2) is 0 Å². The summed E-state index contributed by atoms with van der Waals surface area (Å²) in [6, 6.07) is 13.6. The van der Waals surface area contributed by atoms with E-state index < -0.39 is 0 Å². The highest BCUT2D eigenvalue weighted by Crippen LogP contribution is 2.25. The van der Waals surface area contributed by atoms with Gasteiger partial charge in [0.05, 0.1) is 17.3 Å². The van der Waals surface area contributed by atoms with Crippen molar-refractivity contribution in [3.8, 4) is 0 Å². The van der Waals surface area contributed by atoms with Crippen molar-refractivity contribution in [2.75, 3.05) is 7.11 Å². The number of rotatable bonds is 6. The normalized spacial score (nSPS) is 12.2. The van der Waals surface area contributed by atoms with Gasteiger partial charge in [0.1, 0.15) is 6.54 Å². The van der Waals surface area contributed by atoms with Gasteiger partial charge >= 0.3 is 5.97 Å². The molecule has 0 N–H and O–H groups in total. The minimum atomic E-state index is -0.383. The first-order valence-electron chi connectivity index (χ1n) is 9.84. The molecule has 0 saturated carbocycles. The van der Waals surface area contributed by atoms with E-state index in [1.54, 1.807) is 28.5 Å². The number of carbonyl (C=O) groups excluding carboxylic acids is 2. The van der Waals surface area contributed by atoms with Crippen LogP contribution in [0.15, 0.2) is 52.4 Å². The van der Waals surface area contributed by atoms with Gasteiger partial charge in [-0.3, -0.25) is 9.59 Å². The number of amides is 1. The first kappa shape index (κ1) is 22.3. The summed E-state index contributed by atoms with van der Waals surface area (Å²) in [4.78, 5) is 30.7. The van der Waals surface area contributed by atoms with Crippen molar-refractivity contribution in [2.24, 2.45) is 4.99 Å². The van der Waals surface area contributed by atoms with E-state index in [1.165, 1.54) is 24.0 Å². The molecule has 158 valence electrons. The second-order valence-corrected chi connectivity index (χ2v) is 10.2. The van der Waals surface area contributed by atoms with Gasteiger partial charge < -0.3 is 9.30 Å². The standard InChI is InChI=1S/C23H26N2O3S2/c1-14(2)17-8-11-19-20(12-17)30-23(25(19)13-21(26)28-5)24-22(27)16-6-9-18(10-7-16)29-15(3)4/h6-12,14-15H,13H2,1-5H3. The van der Waals surface area contributed by atoms with E-state index in [4.69, 9.17) is 4.74 Å². The van der Waals surface area contributed by atoms with Gasteiger partial charge in [-0.05, 0) is 47.9 Å². The fourth-order valence-electron chi connectivity index (χ4n) is 2.98. The van der Waals surface area contributed by atoms with Crippen molar-refractivity contribution in [3.63, 3.8) is 0 Å². The van der Waals surface area contributed by atoms with Gasteiger partial charge in [0.15, 0.2) is 4.80 Å². The third kappa shape index (κ3) is 5.21. The fraction of sp³-hybridized carbons (Fsp3) is 0.348. The molecule has 3 aromatic rings. The number of ether oxygens (including phenoxy) is 1. The molecule has 1 amide bonds. The number of fused-ring (bicyclic) bond motifs is 1. The third-order valence-corrected chi connectivity index (χ3v) is 6.62. The zero-order chi connectivity index (χ0) is 21.8. The average molecular weight is 443 g/mol. The maximum Gasteiger partial charge on any atom is 0.325 e. The van der Waals surface area contributed by atoms with E-state index in [-0.39, 0.29) is 18.4 Å². The molecule has 0 aliphatic carbocycles. The highest BCUT2D eigenvalue weighted by atomic mass is 32.2. The van der Waals surface area contributed by atoms with Crippen LogP contribution in [0.4, 0.5) is 0 Å². The fourth-order valence-corrected chi connectivity index (χ4v) is 4.89. The largest absolute Gasteiger partial charge is 0.468 e. The second kappa shape index (κ2) is 9.62. The van der Waals surface area contributed by atoms with Crippen molar-refractivity contribution >= 4 is 45.2 Å². The predicted molar refractivity (Wildman–Crippen MR) is 123 cm³/mol. The summed E-state index contributed by atoms with van der Waals surface area (Å²) in [5, 5.41) is 0.475. The van der Waals surface area contributed by atoms with Gasteiger partial charge in [0.25, 0.3) is 5.91 Å². The van der Waals surface area contributed by atoms with Crippen molar-refractivity contribution in [3.05, 3.63) is 58.4 Å². The SMILES string of the molecule is COC(=O)Cn1c(=NC(=O)c2ccc(SC(C)C)cc2)sc2cc(C(C)C)ccc21. The maximum atomic E-state index is 12.8. The smallest absolute Gasteiger partial charge is 0.325 e. The van der Waals surface area contributed by atoms with Crippen LogP contribution in [0.3, 0.4) is 0 Å². The van der Waals surface area contributed by atoms with Crippen LogP contribution in [-0.4, -0.2) is 28.8 Å². The molecule has 1 aromatic heterocycles. The average Bonchev–Trinajstić information content (AvgIpc) is 3.04. The van der Waals surface area contributed by atoms with E-state index in [0.717, 1.165) is 15.1 Å². The summed E-state index contributed by atoms with van der Waals surface area (Å²) in [6.45, 7) is 8.53. The third-order valence-electron chi connectivity index (χ3n) is 4.56. The summed E-state index contributed by atoms with van der Waals surface area (Å²) in [6.07, 6.45) is 0. The minimum Gasteiger partial charge on any atom is -0.468 e. The topological polar surface area (TPSA) is 60.7 Å². The molecule has 0 fully saturated rings. The first-order valence-corrected chi connectivity index (χ1v) is 11.5. The van der Waals surface area contributed by atoms with Crippen LogP contribution in [0.1, 0.15) is 49.5 Å². The Balaban J connectivity index is 2.03. The van der Waals surface area contributed by atoms with Gasteiger partial charge in [0.2, 0.25) is 0 Å². The van der Waals surface area contributed by atoms with Crippen LogP contribution in [0.5, 0.6) is 0 Å². The van der Waals surface area contributed by atoms with Gasteiger partial charge in [-0.1, -0.05) is 45.1 Å². The van der Waals surface area contributed by atoms with Crippen LogP contribution in [0.2, 0.25) is 0 Å². The summed E-state index contributed by atoms with van der Waals surface area (Å²) in [7, 11) is 1.35. The number of thiazole rings is 1. The molecule has 1 heterocycles. The molecule has 0 unspecified atom stereocenters. The van der Waals surface area contributed by atoms with E-state index in [1.807, 2.05) is 24.3 Å². The number of esters is 1. The molecular weight excluding hydrogens is 416 g/mol. The Hall–Kier alpha value is -2.38. The number of hydrogen-bond donors (Lipinski definition) is 0. The Morgan fingerprint density at radius 3 is 2.40 bits per heavy atom. The van der Waals surface area contributed by atoms with Crippen LogP contribution in [0, 0.1) is 0 Å². The predicted octanol–water partition coefficient (Wildman–Crippen LogP) is 5.24. The zero-order valence-corrected chi connectivity index (χ0v) is 19.5. The van der Waals surface area contributed by atoms with Crippen molar-refractivity contribution in [1.29, 1.82) is 0 Å². The Bertz CT molecular complexity index is 1130. The van der Waals surface area contributed by atoms with Crippen LogP contribution in [-0.2, 0) is 16.1 Å². The molecule has 0 spiro atoms. The van der Waals surface area contributed by atoms with Crippen LogP contribution >= 0.6 is 23.1 Å². The van der Waals surface area contributed by atoms with Crippen molar-refractivity contribution < 1.29 is 14.3 Å². The van der Waals surface area contributed by atoms with Crippen LogP contribution < -0.4 is 4.80 Å². The second-order valence-electron chi connectivity index (χ2n) is 7.54. The molecule has 5 nitrogen and oxygen atoms in total. The number of thioether (sulfide) groups is 1. The number of benzene rings is 2. The Morgan fingerprint density at radius 2 is 1.80 bits per heavy atom. The molecule has 0 bridgehead atoms. The Kier molecular flexibility index (Phi) is 7.15. The molecule has 2 aromatic carbocycles. The molecule has 0 aliphatic rings. The number of nitrogens with zero attached hydrogens (tertiary/aromatic N) is 2. The Morgan fingerprint density at radius 1 is 1.10 bits per heavy atom. The summed E-state index contributed by atoms with van der Waals surface area (Å²) < 4.78 is 7.57. The molecule has 0 saturated heterocycles. The molecule has 3 rings (SSSR count). The van der Waals surface area contributed by atoms with E-state index in [9.17, 15) is 9.59 Å².